The third kappa shape index (κ3) is 3.81. The van der Waals surface area contributed by atoms with E-state index in [4.69, 9.17) is 4.74 Å². The fraction of sp³-hybridized carbons (Fsp3) is 0.571. The van der Waals surface area contributed by atoms with Crippen LogP contribution in [0, 0.1) is 11.8 Å². The number of carbonyl (C=O) groups is 3. The van der Waals surface area contributed by atoms with E-state index in [9.17, 15) is 19.5 Å². The van der Waals surface area contributed by atoms with Crippen LogP contribution < -0.4 is 0 Å². The number of aliphatic hydroxyl groups is 1. The first-order valence-corrected chi connectivity index (χ1v) is 9.34. The van der Waals surface area contributed by atoms with E-state index in [1.54, 1.807) is 0 Å². The van der Waals surface area contributed by atoms with Gasteiger partial charge in [-0.05, 0) is 38.5 Å². The van der Waals surface area contributed by atoms with E-state index in [1.807, 2.05) is 26.8 Å². The molecule has 0 bridgehead atoms. The average Bonchev–Trinajstić information content (AvgIpc) is 2.62. The highest BCUT2D eigenvalue weighted by atomic mass is 16.5. The second-order valence-electron chi connectivity index (χ2n) is 7.28. The predicted octanol–water partition coefficient (Wildman–Crippen LogP) is 3.99. The van der Waals surface area contributed by atoms with Gasteiger partial charge in [-0.1, -0.05) is 38.3 Å². The van der Waals surface area contributed by atoms with E-state index in [1.165, 1.54) is 7.11 Å². The van der Waals surface area contributed by atoms with Crippen molar-refractivity contribution in [3.05, 3.63) is 34.1 Å². The van der Waals surface area contributed by atoms with Gasteiger partial charge in [0.2, 0.25) is 11.6 Å². The zero-order valence-electron chi connectivity index (χ0n) is 16.1. The Labute approximate surface area is 154 Å². The van der Waals surface area contributed by atoms with Crippen LogP contribution in [0.5, 0.6) is 0 Å². The molecule has 0 aromatic rings. The maximum absolute atomic E-state index is 12.8. The van der Waals surface area contributed by atoms with Gasteiger partial charge in [0, 0.05) is 11.5 Å². The van der Waals surface area contributed by atoms with Crippen LogP contribution >= 0.6 is 0 Å². The summed E-state index contributed by atoms with van der Waals surface area (Å²) >= 11 is 0. The number of hydrogen-bond acceptors (Lipinski definition) is 5. The number of unbranched alkanes of at least 4 members (excludes halogenated alkanes) is 2. The van der Waals surface area contributed by atoms with Crippen molar-refractivity contribution in [3.8, 4) is 0 Å². The molecule has 0 aromatic carbocycles. The summed E-state index contributed by atoms with van der Waals surface area (Å²) in [5, 5.41) is 10.8. The molecule has 0 spiro atoms. The van der Waals surface area contributed by atoms with Crippen LogP contribution in [0.2, 0.25) is 0 Å². The summed E-state index contributed by atoms with van der Waals surface area (Å²) in [6, 6.07) is 0. The SMILES string of the molecule is CCCCCC1=C(C(=O)OC)C(O)=C(C2C=C(C)CCC2C)C(=O)C1=O. The van der Waals surface area contributed by atoms with Gasteiger partial charge in [-0.2, -0.15) is 0 Å². The first-order valence-electron chi connectivity index (χ1n) is 9.34. The van der Waals surface area contributed by atoms with Gasteiger partial charge in [0.15, 0.2) is 0 Å². The standard InChI is InChI=1S/C21H28O5/c1-5-6-7-8-14-17(21(25)26-4)19(23)16(20(24)18(14)22)15-11-12(2)9-10-13(15)3/h11,13,15,23H,5-10H2,1-4H3. The van der Waals surface area contributed by atoms with Crippen molar-refractivity contribution >= 4 is 17.5 Å². The Morgan fingerprint density at radius 2 is 1.96 bits per heavy atom. The van der Waals surface area contributed by atoms with Crippen molar-refractivity contribution < 1.29 is 24.2 Å². The Hall–Kier alpha value is -2.17. The average molecular weight is 360 g/mol. The lowest BCUT2D eigenvalue weighted by Crippen LogP contribution is -2.34. The summed E-state index contributed by atoms with van der Waals surface area (Å²) in [5.74, 6) is -2.78. The minimum atomic E-state index is -0.767. The van der Waals surface area contributed by atoms with E-state index < -0.39 is 17.5 Å². The van der Waals surface area contributed by atoms with E-state index in [0.717, 1.165) is 31.3 Å². The molecule has 0 saturated carbocycles. The molecule has 26 heavy (non-hydrogen) atoms. The molecule has 0 aliphatic heterocycles. The lowest BCUT2D eigenvalue weighted by Gasteiger charge is -2.31. The number of ketones is 2. The molecule has 0 aromatic heterocycles. The Morgan fingerprint density at radius 3 is 2.58 bits per heavy atom. The van der Waals surface area contributed by atoms with E-state index >= 15 is 0 Å². The fourth-order valence-electron chi connectivity index (χ4n) is 3.74. The highest BCUT2D eigenvalue weighted by Gasteiger charge is 2.42. The quantitative estimate of drug-likeness (QED) is 0.255. The maximum atomic E-state index is 12.8. The number of allylic oxidation sites excluding steroid dienone is 4. The number of hydrogen-bond donors (Lipinski definition) is 1. The summed E-state index contributed by atoms with van der Waals surface area (Å²) in [6.45, 7) is 5.99. The van der Waals surface area contributed by atoms with Gasteiger partial charge in [-0.3, -0.25) is 9.59 Å². The molecule has 2 unspecified atom stereocenters. The van der Waals surface area contributed by atoms with Gasteiger partial charge in [0.1, 0.15) is 11.3 Å². The molecular formula is C21H28O5. The van der Waals surface area contributed by atoms with Crippen molar-refractivity contribution in [2.45, 2.75) is 59.3 Å². The van der Waals surface area contributed by atoms with Crippen LogP contribution in [0.1, 0.15) is 59.3 Å². The smallest absolute Gasteiger partial charge is 0.342 e. The minimum absolute atomic E-state index is 0.0428. The van der Waals surface area contributed by atoms with Gasteiger partial charge >= 0.3 is 5.97 Å². The zero-order valence-corrected chi connectivity index (χ0v) is 16.1. The number of esters is 1. The molecule has 142 valence electrons. The molecule has 2 aliphatic rings. The summed E-state index contributed by atoms with van der Waals surface area (Å²) in [5.41, 5.74) is 1.11. The number of rotatable bonds is 6. The largest absolute Gasteiger partial charge is 0.507 e. The Morgan fingerprint density at radius 1 is 1.27 bits per heavy atom. The molecule has 0 fully saturated rings. The van der Waals surface area contributed by atoms with E-state index in [-0.39, 0.29) is 40.7 Å². The normalized spacial score (nSPS) is 24.1. The second-order valence-corrected chi connectivity index (χ2v) is 7.28. The Balaban J connectivity index is 2.58. The number of methoxy groups -OCH3 is 1. The van der Waals surface area contributed by atoms with Crippen molar-refractivity contribution in [1.82, 2.24) is 0 Å². The van der Waals surface area contributed by atoms with Crippen LogP contribution in [-0.4, -0.2) is 29.8 Å². The third-order valence-corrected chi connectivity index (χ3v) is 5.34. The van der Waals surface area contributed by atoms with Crippen LogP contribution in [0.15, 0.2) is 34.1 Å². The molecular weight excluding hydrogens is 332 g/mol. The Bertz CT molecular complexity index is 708. The van der Waals surface area contributed by atoms with Gasteiger partial charge < -0.3 is 9.84 Å². The molecule has 0 amide bonds. The second kappa shape index (κ2) is 8.47. The van der Waals surface area contributed by atoms with Crippen LogP contribution in [0.3, 0.4) is 0 Å². The minimum Gasteiger partial charge on any atom is -0.507 e. The highest BCUT2D eigenvalue weighted by Crippen LogP contribution is 2.39. The Kier molecular flexibility index (Phi) is 6.57. The van der Waals surface area contributed by atoms with Gasteiger partial charge in [0.25, 0.3) is 0 Å². The van der Waals surface area contributed by atoms with Crippen molar-refractivity contribution in [1.29, 1.82) is 0 Å². The monoisotopic (exact) mass is 360 g/mol. The maximum Gasteiger partial charge on any atom is 0.342 e. The summed E-state index contributed by atoms with van der Waals surface area (Å²) in [4.78, 5) is 37.9. The van der Waals surface area contributed by atoms with Crippen LogP contribution in [0.25, 0.3) is 0 Å². The van der Waals surface area contributed by atoms with E-state index in [2.05, 4.69) is 0 Å². The van der Waals surface area contributed by atoms with E-state index in [0.29, 0.717) is 6.42 Å². The predicted molar refractivity (Wildman–Crippen MR) is 98.5 cm³/mol. The van der Waals surface area contributed by atoms with Crippen molar-refractivity contribution in [2.24, 2.45) is 11.8 Å². The van der Waals surface area contributed by atoms with Crippen molar-refractivity contribution in [3.63, 3.8) is 0 Å². The molecule has 2 atom stereocenters. The fourth-order valence-corrected chi connectivity index (χ4v) is 3.74. The summed E-state index contributed by atoms with van der Waals surface area (Å²) in [6.07, 6.45) is 6.50. The van der Waals surface area contributed by atoms with Gasteiger partial charge in [-0.15, -0.1) is 0 Å². The number of aliphatic hydroxyl groups excluding tert-OH is 1. The lowest BCUT2D eigenvalue weighted by atomic mass is 9.72. The zero-order chi connectivity index (χ0) is 19.4. The molecule has 2 rings (SSSR count). The molecule has 2 aliphatic carbocycles. The van der Waals surface area contributed by atoms with Gasteiger partial charge in [0.05, 0.1) is 12.7 Å². The first kappa shape index (κ1) is 20.1. The molecule has 0 radical (unpaired) electrons. The molecule has 5 nitrogen and oxygen atoms in total. The third-order valence-electron chi connectivity index (χ3n) is 5.34. The first-order chi connectivity index (χ1) is 12.3. The number of carbonyl (C=O) groups excluding carboxylic acids is 3. The van der Waals surface area contributed by atoms with Crippen molar-refractivity contribution in [2.75, 3.05) is 7.11 Å². The van der Waals surface area contributed by atoms with Crippen LogP contribution in [-0.2, 0) is 19.1 Å². The molecule has 0 heterocycles. The van der Waals surface area contributed by atoms with Crippen LogP contribution in [0.4, 0.5) is 0 Å². The lowest BCUT2D eigenvalue weighted by molar-refractivity contribution is -0.137. The topological polar surface area (TPSA) is 80.7 Å². The summed E-state index contributed by atoms with van der Waals surface area (Å²) in [7, 11) is 1.21. The molecule has 5 heteroatoms. The highest BCUT2D eigenvalue weighted by molar-refractivity contribution is 6.51. The number of Topliss-reactive ketones (excluding diaryl/α,β-unsaturated/α-hetero) is 2. The summed E-state index contributed by atoms with van der Waals surface area (Å²) < 4.78 is 4.79. The van der Waals surface area contributed by atoms with Gasteiger partial charge in [-0.25, -0.2) is 4.79 Å². The number of ether oxygens (including phenoxy) is 1. The molecule has 0 saturated heterocycles. The molecule has 1 N–H and O–H groups in total.